The van der Waals surface area contributed by atoms with Crippen molar-refractivity contribution in [3.8, 4) is 11.5 Å². The Hall–Kier alpha value is -1.46. The topological polar surface area (TPSA) is 59.6 Å². The van der Waals surface area contributed by atoms with Crippen LogP contribution >= 0.6 is 12.4 Å². The predicted molar refractivity (Wildman–Crippen MR) is 93.6 cm³/mol. The number of ether oxygens (including phenoxy) is 2. The van der Waals surface area contributed by atoms with Crippen molar-refractivity contribution in [2.24, 2.45) is 5.92 Å². The van der Waals surface area contributed by atoms with Crippen molar-refractivity contribution >= 4 is 18.3 Å². The van der Waals surface area contributed by atoms with Gasteiger partial charge in [0, 0.05) is 13.0 Å². The van der Waals surface area contributed by atoms with Crippen LogP contribution in [0.25, 0.3) is 0 Å². The lowest BCUT2D eigenvalue weighted by molar-refractivity contribution is -0.121. The second-order valence-corrected chi connectivity index (χ2v) is 5.64. The fraction of sp³-hybridized carbons (Fsp3) is 0.588. The fourth-order valence-electron chi connectivity index (χ4n) is 2.54. The number of rotatable bonds is 8. The van der Waals surface area contributed by atoms with E-state index in [0.29, 0.717) is 18.9 Å². The van der Waals surface area contributed by atoms with Crippen molar-refractivity contribution in [3.63, 3.8) is 0 Å². The molecule has 5 nitrogen and oxygen atoms in total. The maximum atomic E-state index is 11.8. The maximum Gasteiger partial charge on any atom is 0.220 e. The number of amides is 1. The van der Waals surface area contributed by atoms with Crippen LogP contribution < -0.4 is 20.1 Å². The van der Waals surface area contributed by atoms with Gasteiger partial charge in [-0.15, -0.1) is 12.4 Å². The Kier molecular flexibility index (Phi) is 9.48. The summed E-state index contributed by atoms with van der Waals surface area (Å²) < 4.78 is 10.7. The van der Waals surface area contributed by atoms with E-state index in [1.54, 1.807) is 7.11 Å². The standard InChI is InChI=1S/C17H26N2O3.ClH/c1-21-15-6-8-16(9-7-15)22-11-3-5-17(20)19-13-14-4-2-10-18-12-14;/h6-9,14,18H,2-5,10-13H2,1H3,(H,19,20);1H. The molecule has 0 radical (unpaired) electrons. The Morgan fingerprint density at radius 1 is 1.30 bits per heavy atom. The van der Waals surface area contributed by atoms with Crippen LogP contribution in [-0.2, 0) is 4.79 Å². The first-order valence-electron chi connectivity index (χ1n) is 8.02. The molecule has 1 atom stereocenters. The van der Waals surface area contributed by atoms with Gasteiger partial charge in [0.05, 0.1) is 13.7 Å². The van der Waals surface area contributed by atoms with Crippen LogP contribution in [0.5, 0.6) is 11.5 Å². The van der Waals surface area contributed by atoms with E-state index in [-0.39, 0.29) is 18.3 Å². The lowest BCUT2D eigenvalue weighted by Gasteiger charge is -2.22. The van der Waals surface area contributed by atoms with Crippen LogP contribution in [0.1, 0.15) is 25.7 Å². The average molecular weight is 343 g/mol. The molecule has 1 aliphatic rings. The molecule has 130 valence electrons. The molecule has 1 aliphatic heterocycles. The number of methoxy groups -OCH3 is 1. The molecule has 0 saturated carbocycles. The normalized spacial score (nSPS) is 17.0. The first kappa shape index (κ1) is 19.6. The Balaban J connectivity index is 0.00000264. The third-order valence-corrected chi connectivity index (χ3v) is 3.86. The molecule has 1 aromatic rings. The molecule has 6 heteroatoms. The van der Waals surface area contributed by atoms with Gasteiger partial charge >= 0.3 is 0 Å². The summed E-state index contributed by atoms with van der Waals surface area (Å²) in [7, 11) is 1.64. The zero-order chi connectivity index (χ0) is 15.6. The summed E-state index contributed by atoms with van der Waals surface area (Å²) in [6, 6.07) is 7.46. The van der Waals surface area contributed by atoms with Crippen LogP contribution in [0.3, 0.4) is 0 Å². The zero-order valence-corrected chi connectivity index (χ0v) is 14.5. The SMILES string of the molecule is COc1ccc(OCCCC(=O)NCC2CCCNC2)cc1.Cl. The number of nitrogens with one attached hydrogen (secondary N) is 2. The number of benzene rings is 1. The maximum absolute atomic E-state index is 11.8. The highest BCUT2D eigenvalue weighted by molar-refractivity contribution is 5.85. The molecule has 1 heterocycles. The minimum absolute atomic E-state index is 0. The summed E-state index contributed by atoms with van der Waals surface area (Å²) in [5, 5.41) is 6.37. The van der Waals surface area contributed by atoms with Gasteiger partial charge in [-0.1, -0.05) is 0 Å². The van der Waals surface area contributed by atoms with E-state index in [9.17, 15) is 4.79 Å². The first-order chi connectivity index (χ1) is 10.8. The van der Waals surface area contributed by atoms with Gasteiger partial charge in [-0.3, -0.25) is 4.79 Å². The van der Waals surface area contributed by atoms with E-state index in [1.165, 1.54) is 12.8 Å². The largest absolute Gasteiger partial charge is 0.497 e. The molecule has 23 heavy (non-hydrogen) atoms. The minimum Gasteiger partial charge on any atom is -0.497 e. The summed E-state index contributed by atoms with van der Waals surface area (Å²) in [5.41, 5.74) is 0. The fourth-order valence-corrected chi connectivity index (χ4v) is 2.54. The average Bonchev–Trinajstić information content (AvgIpc) is 2.58. The third kappa shape index (κ3) is 7.57. The van der Waals surface area contributed by atoms with Crippen LogP contribution in [0.15, 0.2) is 24.3 Å². The molecule has 1 amide bonds. The minimum atomic E-state index is 0. The van der Waals surface area contributed by atoms with E-state index in [2.05, 4.69) is 10.6 Å². The van der Waals surface area contributed by atoms with Gasteiger partial charge in [-0.25, -0.2) is 0 Å². The molecular formula is C17H27ClN2O3. The van der Waals surface area contributed by atoms with Gasteiger partial charge in [-0.2, -0.15) is 0 Å². The summed E-state index contributed by atoms with van der Waals surface area (Å²) in [6.07, 6.45) is 3.64. The van der Waals surface area contributed by atoms with Crippen molar-refractivity contribution in [1.82, 2.24) is 10.6 Å². The van der Waals surface area contributed by atoms with Crippen LogP contribution in [-0.4, -0.2) is 39.3 Å². The highest BCUT2D eigenvalue weighted by atomic mass is 35.5. The van der Waals surface area contributed by atoms with E-state index in [0.717, 1.165) is 37.6 Å². The molecule has 1 unspecified atom stereocenters. The Morgan fingerprint density at radius 3 is 2.70 bits per heavy atom. The van der Waals surface area contributed by atoms with Crippen molar-refractivity contribution in [2.75, 3.05) is 33.4 Å². The van der Waals surface area contributed by atoms with Gasteiger partial charge in [0.25, 0.3) is 0 Å². The quantitative estimate of drug-likeness (QED) is 0.712. The number of hydrogen-bond acceptors (Lipinski definition) is 4. The van der Waals surface area contributed by atoms with Crippen molar-refractivity contribution in [1.29, 1.82) is 0 Å². The number of halogens is 1. The molecular weight excluding hydrogens is 316 g/mol. The summed E-state index contributed by atoms with van der Waals surface area (Å²) >= 11 is 0. The first-order valence-corrected chi connectivity index (χ1v) is 8.02. The van der Waals surface area contributed by atoms with Crippen LogP contribution in [0.4, 0.5) is 0 Å². The second-order valence-electron chi connectivity index (χ2n) is 5.64. The molecule has 2 N–H and O–H groups in total. The monoisotopic (exact) mass is 342 g/mol. The lowest BCUT2D eigenvalue weighted by Crippen LogP contribution is -2.38. The number of piperidine rings is 1. The van der Waals surface area contributed by atoms with Gasteiger partial charge in [-0.05, 0) is 62.5 Å². The summed E-state index contributed by atoms with van der Waals surface area (Å²) in [5.74, 6) is 2.30. The van der Waals surface area contributed by atoms with Crippen LogP contribution in [0, 0.1) is 5.92 Å². The molecule has 1 fully saturated rings. The molecule has 0 aromatic heterocycles. The highest BCUT2D eigenvalue weighted by Crippen LogP contribution is 2.17. The highest BCUT2D eigenvalue weighted by Gasteiger charge is 2.13. The van der Waals surface area contributed by atoms with E-state index >= 15 is 0 Å². The van der Waals surface area contributed by atoms with Gasteiger partial charge in [0.15, 0.2) is 0 Å². The summed E-state index contributed by atoms with van der Waals surface area (Å²) in [6.45, 7) is 3.45. The van der Waals surface area contributed by atoms with Crippen molar-refractivity contribution < 1.29 is 14.3 Å². The molecule has 0 spiro atoms. The number of hydrogen-bond donors (Lipinski definition) is 2. The summed E-state index contributed by atoms with van der Waals surface area (Å²) in [4.78, 5) is 11.8. The van der Waals surface area contributed by atoms with Crippen LogP contribution in [0.2, 0.25) is 0 Å². The lowest BCUT2D eigenvalue weighted by atomic mass is 10.00. The Labute approximate surface area is 144 Å². The zero-order valence-electron chi connectivity index (χ0n) is 13.7. The van der Waals surface area contributed by atoms with E-state index in [1.807, 2.05) is 24.3 Å². The molecule has 2 rings (SSSR count). The Bertz CT molecular complexity index is 448. The predicted octanol–water partition coefficient (Wildman–Crippen LogP) is 2.39. The third-order valence-electron chi connectivity index (χ3n) is 3.86. The van der Waals surface area contributed by atoms with Gasteiger partial charge in [0.2, 0.25) is 5.91 Å². The smallest absolute Gasteiger partial charge is 0.220 e. The molecule has 1 saturated heterocycles. The molecule has 0 bridgehead atoms. The number of carbonyl (C=O) groups excluding carboxylic acids is 1. The van der Waals surface area contributed by atoms with Crippen molar-refractivity contribution in [2.45, 2.75) is 25.7 Å². The Morgan fingerprint density at radius 2 is 2.04 bits per heavy atom. The number of carbonyl (C=O) groups is 1. The van der Waals surface area contributed by atoms with E-state index < -0.39 is 0 Å². The second kappa shape index (κ2) is 11.1. The van der Waals surface area contributed by atoms with Crippen molar-refractivity contribution in [3.05, 3.63) is 24.3 Å². The molecule has 0 aliphatic carbocycles. The van der Waals surface area contributed by atoms with E-state index in [4.69, 9.17) is 9.47 Å². The van der Waals surface area contributed by atoms with Gasteiger partial charge < -0.3 is 20.1 Å². The molecule has 1 aromatic carbocycles. The van der Waals surface area contributed by atoms with Gasteiger partial charge in [0.1, 0.15) is 11.5 Å².